The lowest BCUT2D eigenvalue weighted by Gasteiger charge is -2.21. The van der Waals surface area contributed by atoms with Gasteiger partial charge in [0.1, 0.15) is 6.04 Å². The van der Waals surface area contributed by atoms with E-state index in [2.05, 4.69) is 31.4 Å². The Morgan fingerprint density at radius 1 is 1.05 bits per heavy atom. The Morgan fingerprint density at radius 3 is 1.95 bits per heavy atom. The maximum absolute atomic E-state index is 12.2. The summed E-state index contributed by atoms with van der Waals surface area (Å²) in [5.41, 5.74) is 1.79. The maximum Gasteiger partial charge on any atom is 0.251 e. The summed E-state index contributed by atoms with van der Waals surface area (Å²) in [4.78, 5) is 24.0. The maximum atomic E-state index is 12.2. The highest BCUT2D eigenvalue weighted by Crippen LogP contribution is 2.22. The third-order valence-electron chi connectivity index (χ3n) is 3.50. The SMILES string of the molecule is CNC(=O)C(NC(=O)c1ccc(C(C)(C)C)cc1)C(C)C. The first-order chi connectivity index (χ1) is 9.66. The van der Waals surface area contributed by atoms with E-state index in [9.17, 15) is 9.59 Å². The minimum atomic E-state index is -0.523. The molecule has 2 N–H and O–H groups in total. The van der Waals surface area contributed by atoms with Crippen LogP contribution in [-0.2, 0) is 10.2 Å². The zero-order valence-electron chi connectivity index (χ0n) is 13.8. The van der Waals surface area contributed by atoms with Crippen LogP contribution in [0.15, 0.2) is 24.3 Å². The summed E-state index contributed by atoms with van der Waals surface area (Å²) in [6.45, 7) is 10.2. The summed E-state index contributed by atoms with van der Waals surface area (Å²) < 4.78 is 0. The highest BCUT2D eigenvalue weighted by Gasteiger charge is 2.23. The van der Waals surface area contributed by atoms with Crippen LogP contribution < -0.4 is 10.6 Å². The quantitative estimate of drug-likeness (QED) is 0.895. The van der Waals surface area contributed by atoms with E-state index >= 15 is 0 Å². The summed E-state index contributed by atoms with van der Waals surface area (Å²) >= 11 is 0. The van der Waals surface area contributed by atoms with Crippen molar-refractivity contribution in [2.45, 2.75) is 46.1 Å². The minimum Gasteiger partial charge on any atom is -0.357 e. The van der Waals surface area contributed by atoms with Crippen LogP contribution in [-0.4, -0.2) is 24.9 Å². The van der Waals surface area contributed by atoms with E-state index in [0.29, 0.717) is 5.56 Å². The smallest absolute Gasteiger partial charge is 0.251 e. The molecule has 0 saturated carbocycles. The normalized spacial score (nSPS) is 12.9. The molecule has 0 spiro atoms. The molecule has 4 heteroatoms. The van der Waals surface area contributed by atoms with Crippen LogP contribution in [0.3, 0.4) is 0 Å². The minimum absolute atomic E-state index is 0.0303. The first kappa shape index (κ1) is 17.2. The lowest BCUT2D eigenvalue weighted by molar-refractivity contribution is -0.123. The fourth-order valence-electron chi connectivity index (χ4n) is 2.04. The van der Waals surface area contributed by atoms with E-state index in [4.69, 9.17) is 0 Å². The van der Waals surface area contributed by atoms with Crippen LogP contribution >= 0.6 is 0 Å². The largest absolute Gasteiger partial charge is 0.357 e. The zero-order chi connectivity index (χ0) is 16.2. The second-order valence-corrected chi connectivity index (χ2v) is 6.64. The van der Waals surface area contributed by atoms with Crippen molar-refractivity contribution in [3.8, 4) is 0 Å². The lowest BCUT2D eigenvalue weighted by Crippen LogP contribution is -2.48. The van der Waals surface area contributed by atoms with Gasteiger partial charge < -0.3 is 10.6 Å². The van der Waals surface area contributed by atoms with Gasteiger partial charge in [-0.2, -0.15) is 0 Å². The number of amides is 2. The summed E-state index contributed by atoms with van der Waals surface area (Å²) in [5, 5.41) is 5.37. The molecule has 0 aliphatic rings. The first-order valence-corrected chi connectivity index (χ1v) is 7.29. The second kappa shape index (κ2) is 6.74. The number of carbonyl (C=O) groups excluding carboxylic acids is 2. The van der Waals surface area contributed by atoms with Crippen molar-refractivity contribution in [2.24, 2.45) is 5.92 Å². The summed E-state index contributed by atoms with van der Waals surface area (Å²) in [7, 11) is 1.57. The molecule has 21 heavy (non-hydrogen) atoms. The number of nitrogens with one attached hydrogen (secondary N) is 2. The van der Waals surface area contributed by atoms with Crippen LogP contribution in [0.2, 0.25) is 0 Å². The molecule has 1 rings (SSSR count). The van der Waals surface area contributed by atoms with Gasteiger partial charge >= 0.3 is 0 Å². The number of carbonyl (C=O) groups is 2. The second-order valence-electron chi connectivity index (χ2n) is 6.64. The summed E-state index contributed by atoms with van der Waals surface area (Å²) in [6, 6.07) is 7.00. The molecule has 0 saturated heterocycles. The Hall–Kier alpha value is -1.84. The van der Waals surface area contributed by atoms with Gasteiger partial charge in [0.15, 0.2) is 0 Å². The van der Waals surface area contributed by atoms with Crippen molar-refractivity contribution >= 4 is 11.8 Å². The van der Waals surface area contributed by atoms with E-state index in [0.717, 1.165) is 0 Å². The molecule has 0 radical (unpaired) electrons. The Morgan fingerprint density at radius 2 is 1.57 bits per heavy atom. The highest BCUT2D eigenvalue weighted by molar-refractivity contribution is 5.97. The van der Waals surface area contributed by atoms with Crippen LogP contribution in [0.1, 0.15) is 50.5 Å². The van der Waals surface area contributed by atoms with Crippen molar-refractivity contribution < 1.29 is 9.59 Å². The van der Waals surface area contributed by atoms with Gasteiger partial charge in [0.2, 0.25) is 5.91 Å². The monoisotopic (exact) mass is 290 g/mol. The fourth-order valence-corrected chi connectivity index (χ4v) is 2.04. The number of hydrogen-bond donors (Lipinski definition) is 2. The topological polar surface area (TPSA) is 58.2 Å². The predicted octanol–water partition coefficient (Wildman–Crippen LogP) is 2.48. The molecule has 1 aromatic carbocycles. The Kier molecular flexibility index (Phi) is 5.53. The van der Waals surface area contributed by atoms with Gasteiger partial charge in [0.05, 0.1) is 0 Å². The Balaban J connectivity index is 2.86. The first-order valence-electron chi connectivity index (χ1n) is 7.29. The average Bonchev–Trinajstić information content (AvgIpc) is 2.42. The van der Waals surface area contributed by atoms with Crippen molar-refractivity contribution in [2.75, 3.05) is 7.05 Å². The van der Waals surface area contributed by atoms with Gasteiger partial charge in [0, 0.05) is 12.6 Å². The van der Waals surface area contributed by atoms with E-state index in [1.54, 1.807) is 19.2 Å². The molecule has 116 valence electrons. The number of rotatable bonds is 4. The molecular formula is C17H26N2O2. The number of hydrogen-bond acceptors (Lipinski definition) is 2. The number of likely N-dealkylation sites (N-methyl/N-ethyl adjacent to an activating group) is 1. The molecule has 0 heterocycles. The number of benzene rings is 1. The standard InChI is InChI=1S/C17H26N2O2/c1-11(2)14(16(21)18-6)19-15(20)12-7-9-13(10-8-12)17(3,4)5/h7-11,14H,1-6H3,(H,18,21)(H,19,20). The Bertz CT molecular complexity index is 499. The van der Waals surface area contributed by atoms with Crippen LogP contribution in [0.25, 0.3) is 0 Å². The molecule has 2 amide bonds. The van der Waals surface area contributed by atoms with Crippen molar-refractivity contribution in [3.05, 3.63) is 35.4 Å². The van der Waals surface area contributed by atoms with Gasteiger partial charge in [-0.15, -0.1) is 0 Å². The molecule has 1 atom stereocenters. The van der Waals surface area contributed by atoms with Gasteiger partial charge in [-0.25, -0.2) is 0 Å². The molecule has 1 unspecified atom stereocenters. The average molecular weight is 290 g/mol. The molecule has 0 bridgehead atoms. The highest BCUT2D eigenvalue weighted by atomic mass is 16.2. The van der Waals surface area contributed by atoms with Crippen molar-refractivity contribution in [1.82, 2.24) is 10.6 Å². The molecule has 0 aromatic heterocycles. The lowest BCUT2D eigenvalue weighted by atomic mass is 9.86. The molecule has 0 aliphatic heterocycles. The van der Waals surface area contributed by atoms with Gasteiger partial charge in [-0.3, -0.25) is 9.59 Å². The van der Waals surface area contributed by atoms with E-state index < -0.39 is 6.04 Å². The van der Waals surface area contributed by atoms with Crippen molar-refractivity contribution in [3.63, 3.8) is 0 Å². The van der Waals surface area contributed by atoms with Crippen LogP contribution in [0.4, 0.5) is 0 Å². The third-order valence-corrected chi connectivity index (χ3v) is 3.50. The van der Waals surface area contributed by atoms with E-state index in [1.807, 2.05) is 26.0 Å². The molecule has 1 aromatic rings. The summed E-state index contributed by atoms with van der Waals surface area (Å²) in [5.74, 6) is -0.370. The fraction of sp³-hybridized carbons (Fsp3) is 0.529. The molecule has 0 aliphatic carbocycles. The summed E-state index contributed by atoms with van der Waals surface area (Å²) in [6.07, 6.45) is 0. The third kappa shape index (κ3) is 4.59. The molecular weight excluding hydrogens is 264 g/mol. The molecule has 4 nitrogen and oxygen atoms in total. The Labute approximate surface area is 127 Å². The van der Waals surface area contributed by atoms with Gasteiger partial charge in [-0.05, 0) is 29.0 Å². The van der Waals surface area contributed by atoms with Gasteiger partial charge in [-0.1, -0.05) is 46.8 Å². The zero-order valence-corrected chi connectivity index (χ0v) is 13.8. The van der Waals surface area contributed by atoms with Crippen molar-refractivity contribution in [1.29, 1.82) is 0 Å². The van der Waals surface area contributed by atoms with Gasteiger partial charge in [0.25, 0.3) is 5.91 Å². The van der Waals surface area contributed by atoms with Crippen LogP contribution in [0.5, 0.6) is 0 Å². The van der Waals surface area contributed by atoms with E-state index in [-0.39, 0.29) is 23.1 Å². The van der Waals surface area contributed by atoms with Crippen LogP contribution in [0, 0.1) is 5.92 Å². The predicted molar refractivity (Wildman–Crippen MR) is 85.3 cm³/mol. The van der Waals surface area contributed by atoms with E-state index in [1.165, 1.54) is 5.56 Å². The molecule has 0 fully saturated rings.